The highest BCUT2D eigenvalue weighted by molar-refractivity contribution is 6.39. The largest absolute Gasteiger partial charge is 0.407 e. The lowest BCUT2D eigenvalue weighted by molar-refractivity contribution is -0.750. The minimum absolute atomic E-state index is 0.0196. The Morgan fingerprint density at radius 2 is 2.08 bits per heavy atom. The van der Waals surface area contributed by atoms with Gasteiger partial charge in [0, 0.05) is 23.9 Å². The molecule has 0 spiro atoms. The fourth-order valence-electron chi connectivity index (χ4n) is 3.73. The zero-order valence-electron chi connectivity index (χ0n) is 14.2. The van der Waals surface area contributed by atoms with E-state index in [2.05, 4.69) is 19.9 Å². The molecule has 0 saturated carbocycles. The molecule has 0 radical (unpaired) electrons. The molecule has 1 aromatic rings. The SMILES string of the molecule is CC1(C)CC[NH+]2C(=O)C(=O)N(CCCC(O)CO)c3cccc1c32. The van der Waals surface area contributed by atoms with Crippen molar-refractivity contribution < 1.29 is 24.7 Å². The second-order valence-electron chi connectivity index (χ2n) is 7.33. The summed E-state index contributed by atoms with van der Waals surface area (Å²) >= 11 is 0. The molecular weight excluding hydrogens is 308 g/mol. The quantitative estimate of drug-likeness (QED) is 0.657. The van der Waals surface area contributed by atoms with Crippen LogP contribution >= 0.6 is 0 Å². The molecule has 0 aromatic heterocycles. The van der Waals surface area contributed by atoms with E-state index >= 15 is 0 Å². The Kier molecular flexibility index (Phi) is 4.46. The Morgan fingerprint density at radius 1 is 1.33 bits per heavy atom. The maximum atomic E-state index is 12.6. The number of hydrogen-bond donors (Lipinski definition) is 3. The van der Waals surface area contributed by atoms with E-state index in [0.717, 1.165) is 23.4 Å². The van der Waals surface area contributed by atoms with E-state index in [1.54, 1.807) is 0 Å². The summed E-state index contributed by atoms with van der Waals surface area (Å²) < 4.78 is 0. The molecule has 0 saturated heterocycles. The molecule has 3 rings (SSSR count). The van der Waals surface area contributed by atoms with Crippen molar-refractivity contribution in [2.75, 3.05) is 24.6 Å². The van der Waals surface area contributed by atoms with Gasteiger partial charge in [0.2, 0.25) is 0 Å². The summed E-state index contributed by atoms with van der Waals surface area (Å²) in [6, 6.07) is 5.89. The van der Waals surface area contributed by atoms with Gasteiger partial charge in [0.05, 0.1) is 19.3 Å². The summed E-state index contributed by atoms with van der Waals surface area (Å²) in [4.78, 5) is 27.3. The number of anilines is 1. The van der Waals surface area contributed by atoms with Gasteiger partial charge in [0.1, 0.15) is 5.69 Å². The van der Waals surface area contributed by atoms with Crippen LogP contribution < -0.4 is 9.80 Å². The predicted octanol–water partition coefficient (Wildman–Crippen LogP) is -0.109. The van der Waals surface area contributed by atoms with E-state index in [-0.39, 0.29) is 12.0 Å². The van der Waals surface area contributed by atoms with E-state index in [1.165, 1.54) is 4.90 Å². The van der Waals surface area contributed by atoms with Crippen molar-refractivity contribution in [1.29, 1.82) is 0 Å². The molecule has 2 atom stereocenters. The molecule has 0 bridgehead atoms. The zero-order valence-corrected chi connectivity index (χ0v) is 14.2. The summed E-state index contributed by atoms with van der Waals surface area (Å²) in [7, 11) is 0. The van der Waals surface area contributed by atoms with E-state index in [4.69, 9.17) is 5.11 Å². The van der Waals surface area contributed by atoms with E-state index in [1.807, 2.05) is 12.1 Å². The zero-order chi connectivity index (χ0) is 17.5. The fourth-order valence-corrected chi connectivity index (χ4v) is 3.73. The molecule has 2 aliphatic rings. The van der Waals surface area contributed by atoms with Crippen LogP contribution in [0.5, 0.6) is 0 Å². The van der Waals surface area contributed by atoms with Crippen LogP contribution in [0.2, 0.25) is 0 Å². The number of benzene rings is 1. The van der Waals surface area contributed by atoms with Crippen LogP contribution in [0.25, 0.3) is 0 Å². The third-order valence-corrected chi connectivity index (χ3v) is 5.21. The van der Waals surface area contributed by atoms with Crippen molar-refractivity contribution in [3.05, 3.63) is 23.8 Å². The van der Waals surface area contributed by atoms with Gasteiger partial charge in [-0.3, -0.25) is 9.69 Å². The molecule has 0 fully saturated rings. The first-order chi connectivity index (χ1) is 11.4. The van der Waals surface area contributed by atoms with Gasteiger partial charge < -0.3 is 10.2 Å². The second-order valence-corrected chi connectivity index (χ2v) is 7.33. The number of carbonyl (C=O) groups excluding carboxylic acids is 2. The Morgan fingerprint density at radius 3 is 2.79 bits per heavy atom. The summed E-state index contributed by atoms with van der Waals surface area (Å²) in [5, 5.41) is 18.4. The Balaban J connectivity index is 1.95. The van der Waals surface area contributed by atoms with Crippen molar-refractivity contribution in [2.45, 2.75) is 44.6 Å². The molecule has 2 unspecified atom stereocenters. The van der Waals surface area contributed by atoms with Gasteiger partial charge in [-0.25, -0.2) is 9.69 Å². The van der Waals surface area contributed by atoms with Gasteiger partial charge in [0.15, 0.2) is 5.69 Å². The minimum atomic E-state index is -0.786. The first-order valence-corrected chi connectivity index (χ1v) is 8.51. The molecular formula is C18H25N2O4+. The van der Waals surface area contributed by atoms with E-state index in [9.17, 15) is 14.7 Å². The first-order valence-electron chi connectivity index (χ1n) is 8.51. The van der Waals surface area contributed by atoms with Crippen LogP contribution in [0.1, 0.15) is 38.7 Å². The summed E-state index contributed by atoms with van der Waals surface area (Å²) in [6.07, 6.45) is 1.00. The van der Waals surface area contributed by atoms with E-state index < -0.39 is 17.9 Å². The normalized spacial score (nSPS) is 23.2. The monoisotopic (exact) mass is 333 g/mol. The third kappa shape index (κ3) is 2.75. The van der Waals surface area contributed by atoms with Gasteiger partial charge in [0.25, 0.3) is 0 Å². The molecule has 2 amide bonds. The van der Waals surface area contributed by atoms with Crippen LogP contribution in [0, 0.1) is 0 Å². The van der Waals surface area contributed by atoms with Crippen LogP contribution in [-0.2, 0) is 15.0 Å². The summed E-state index contributed by atoms with van der Waals surface area (Å²) in [5.74, 6) is -0.874. The van der Waals surface area contributed by atoms with Crippen molar-refractivity contribution >= 4 is 23.2 Å². The van der Waals surface area contributed by atoms with Gasteiger partial charge in [-0.2, -0.15) is 0 Å². The van der Waals surface area contributed by atoms with Crippen LogP contribution in [0.4, 0.5) is 11.4 Å². The molecule has 1 aromatic carbocycles. The number of aliphatic hydroxyl groups is 2. The van der Waals surface area contributed by atoms with E-state index in [0.29, 0.717) is 30.8 Å². The number of carbonyl (C=O) groups is 2. The highest BCUT2D eigenvalue weighted by Crippen LogP contribution is 2.40. The molecule has 130 valence electrons. The summed E-state index contributed by atoms with van der Waals surface area (Å²) in [5.41, 5.74) is 2.84. The van der Waals surface area contributed by atoms with Gasteiger partial charge in [-0.05, 0) is 18.9 Å². The van der Waals surface area contributed by atoms with Gasteiger partial charge >= 0.3 is 11.8 Å². The van der Waals surface area contributed by atoms with Crippen molar-refractivity contribution in [2.24, 2.45) is 0 Å². The lowest BCUT2D eigenvalue weighted by Crippen LogP contribution is -3.14. The second kappa shape index (κ2) is 6.27. The number of rotatable bonds is 5. The highest BCUT2D eigenvalue weighted by Gasteiger charge is 2.48. The average Bonchev–Trinajstić information content (AvgIpc) is 2.56. The molecule has 2 heterocycles. The first kappa shape index (κ1) is 17.1. The molecule has 2 aliphatic heterocycles. The smallest absolute Gasteiger partial charge is 0.394 e. The highest BCUT2D eigenvalue weighted by atomic mass is 16.3. The number of nitrogens with zero attached hydrogens (tertiary/aromatic N) is 1. The maximum absolute atomic E-state index is 12.6. The Bertz CT molecular complexity index is 671. The topological polar surface area (TPSA) is 82.3 Å². The third-order valence-electron chi connectivity index (χ3n) is 5.21. The van der Waals surface area contributed by atoms with Crippen LogP contribution in [0.15, 0.2) is 18.2 Å². The molecule has 3 N–H and O–H groups in total. The van der Waals surface area contributed by atoms with Crippen molar-refractivity contribution in [3.8, 4) is 0 Å². The lowest BCUT2D eigenvalue weighted by Gasteiger charge is -2.40. The number of nitrogens with one attached hydrogen (secondary N) is 1. The summed E-state index contributed by atoms with van der Waals surface area (Å²) in [6.45, 7) is 5.05. The molecule has 6 nitrogen and oxygen atoms in total. The lowest BCUT2D eigenvalue weighted by atomic mass is 9.76. The number of quaternary nitrogens is 1. The standard InChI is InChI=1S/C18H24N2O4/c1-18(2)8-10-20-15-13(18)6-3-7-14(15)19(16(23)17(20)24)9-4-5-12(22)11-21/h3,6-7,12,21-22H,4-5,8-11H2,1-2H3/p+1. The molecule has 0 aliphatic carbocycles. The minimum Gasteiger partial charge on any atom is -0.394 e. The molecule has 6 heteroatoms. The van der Waals surface area contributed by atoms with Gasteiger partial charge in [-0.1, -0.05) is 26.0 Å². The Labute approximate surface area is 141 Å². The predicted molar refractivity (Wildman–Crippen MR) is 89.3 cm³/mol. The number of aliphatic hydroxyl groups excluding tert-OH is 2. The van der Waals surface area contributed by atoms with Gasteiger partial charge in [-0.15, -0.1) is 0 Å². The van der Waals surface area contributed by atoms with Crippen LogP contribution in [-0.4, -0.2) is 47.8 Å². The fraction of sp³-hybridized carbons (Fsp3) is 0.556. The average molecular weight is 333 g/mol. The van der Waals surface area contributed by atoms with Crippen molar-refractivity contribution in [3.63, 3.8) is 0 Å². The Hall–Kier alpha value is -1.76. The number of hydrogen-bond acceptors (Lipinski definition) is 4. The molecule has 24 heavy (non-hydrogen) atoms. The number of para-hydroxylation sites is 1. The number of amides is 2. The van der Waals surface area contributed by atoms with Crippen molar-refractivity contribution in [1.82, 2.24) is 0 Å². The van der Waals surface area contributed by atoms with Crippen LogP contribution in [0.3, 0.4) is 0 Å². The maximum Gasteiger partial charge on any atom is 0.407 e.